The van der Waals surface area contributed by atoms with Crippen molar-refractivity contribution in [1.29, 1.82) is 0 Å². The molecule has 1 atom stereocenters. The lowest BCUT2D eigenvalue weighted by molar-refractivity contribution is 0.398. The second kappa shape index (κ2) is 5.14. The third-order valence-corrected chi connectivity index (χ3v) is 3.24. The number of aromatic nitrogens is 3. The van der Waals surface area contributed by atoms with Gasteiger partial charge in [-0.1, -0.05) is 0 Å². The van der Waals surface area contributed by atoms with Crippen molar-refractivity contribution in [2.45, 2.75) is 13.0 Å². The first-order valence-electron chi connectivity index (χ1n) is 6.54. The maximum absolute atomic E-state index is 13.6. The van der Waals surface area contributed by atoms with Crippen LogP contribution in [-0.4, -0.2) is 21.6 Å². The van der Waals surface area contributed by atoms with Gasteiger partial charge in [-0.05, 0) is 25.1 Å². The largest absolute Gasteiger partial charge is 0.481 e. The second-order valence-corrected chi connectivity index (χ2v) is 4.79. The molecule has 0 saturated heterocycles. The summed E-state index contributed by atoms with van der Waals surface area (Å²) in [6.07, 6.45) is 1.65. The van der Waals surface area contributed by atoms with Crippen molar-refractivity contribution >= 4 is 11.0 Å². The molecular weight excluding hydrogens is 271 g/mol. The number of benzene rings is 1. The minimum Gasteiger partial charge on any atom is -0.481 e. The summed E-state index contributed by atoms with van der Waals surface area (Å²) in [5.74, 6) is 0.848. The van der Waals surface area contributed by atoms with E-state index in [4.69, 9.17) is 10.5 Å². The Bertz CT molecular complexity index is 780. The molecule has 1 aromatic carbocycles. The number of hydrogen-bond donors (Lipinski definition) is 1. The highest BCUT2D eigenvalue weighted by molar-refractivity contribution is 5.78. The molecule has 2 heterocycles. The minimum atomic E-state index is -0.318. The van der Waals surface area contributed by atoms with Crippen LogP contribution in [0.15, 0.2) is 36.5 Å². The Morgan fingerprint density at radius 2 is 2.10 bits per heavy atom. The van der Waals surface area contributed by atoms with Gasteiger partial charge >= 0.3 is 0 Å². The predicted octanol–water partition coefficient (Wildman–Crippen LogP) is 2.59. The zero-order valence-corrected chi connectivity index (χ0v) is 11.7. The molecule has 0 radical (unpaired) electrons. The van der Waals surface area contributed by atoms with Crippen LogP contribution in [0.1, 0.15) is 18.8 Å². The van der Waals surface area contributed by atoms with Gasteiger partial charge in [0.05, 0.1) is 36.1 Å². The van der Waals surface area contributed by atoms with Gasteiger partial charge in [-0.25, -0.2) is 14.4 Å². The molecule has 0 aliphatic rings. The molecule has 3 aromatic rings. The lowest BCUT2D eigenvalue weighted by Crippen LogP contribution is -2.12. The molecule has 2 aromatic heterocycles. The first kappa shape index (κ1) is 13.5. The number of fused-ring (bicyclic) bond motifs is 1. The average Bonchev–Trinajstić information content (AvgIpc) is 2.86. The smallest absolute Gasteiger partial charge is 0.213 e. The summed E-state index contributed by atoms with van der Waals surface area (Å²) in [6, 6.07) is 7.76. The number of methoxy groups -OCH3 is 1. The highest BCUT2D eigenvalue weighted by atomic mass is 19.1. The first-order chi connectivity index (χ1) is 10.1. The Kier molecular flexibility index (Phi) is 3.31. The topological polar surface area (TPSA) is 66.0 Å². The van der Waals surface area contributed by atoms with Gasteiger partial charge in [0, 0.05) is 12.1 Å². The molecule has 0 saturated carbocycles. The van der Waals surface area contributed by atoms with E-state index in [2.05, 4.69) is 9.97 Å². The maximum Gasteiger partial charge on any atom is 0.213 e. The number of halogens is 1. The van der Waals surface area contributed by atoms with Gasteiger partial charge in [-0.2, -0.15) is 0 Å². The molecule has 5 nitrogen and oxygen atoms in total. The normalized spacial score (nSPS) is 12.6. The van der Waals surface area contributed by atoms with E-state index in [1.54, 1.807) is 25.4 Å². The van der Waals surface area contributed by atoms with Gasteiger partial charge < -0.3 is 10.5 Å². The Balaban J connectivity index is 2.26. The van der Waals surface area contributed by atoms with Crippen LogP contribution < -0.4 is 10.5 Å². The molecular formula is C15H15FN4O. The van der Waals surface area contributed by atoms with Crippen molar-refractivity contribution in [2.24, 2.45) is 5.73 Å². The van der Waals surface area contributed by atoms with Crippen molar-refractivity contribution in [2.75, 3.05) is 7.11 Å². The number of rotatable bonds is 3. The second-order valence-electron chi connectivity index (χ2n) is 4.79. The summed E-state index contributed by atoms with van der Waals surface area (Å²) in [4.78, 5) is 8.66. The van der Waals surface area contributed by atoms with E-state index in [9.17, 15) is 4.39 Å². The van der Waals surface area contributed by atoms with Crippen LogP contribution in [0.2, 0.25) is 0 Å². The zero-order chi connectivity index (χ0) is 15.0. The van der Waals surface area contributed by atoms with Crippen LogP contribution in [0.4, 0.5) is 4.39 Å². The van der Waals surface area contributed by atoms with E-state index in [0.717, 1.165) is 5.69 Å². The van der Waals surface area contributed by atoms with Crippen molar-refractivity contribution in [3.63, 3.8) is 0 Å². The van der Waals surface area contributed by atoms with E-state index >= 15 is 0 Å². The van der Waals surface area contributed by atoms with Crippen LogP contribution in [0.3, 0.4) is 0 Å². The molecule has 0 aliphatic carbocycles. The molecule has 108 valence electrons. The van der Waals surface area contributed by atoms with Gasteiger partial charge in [0.25, 0.3) is 0 Å². The molecule has 3 rings (SSSR count). The summed E-state index contributed by atoms with van der Waals surface area (Å²) in [7, 11) is 1.55. The molecule has 21 heavy (non-hydrogen) atoms. The molecule has 0 unspecified atom stereocenters. The molecule has 0 spiro atoms. The SMILES string of the molecule is COc1ccc(-n2c([C@H](C)N)nc3ccc(F)cc32)cn1. The quantitative estimate of drug-likeness (QED) is 0.803. The Labute approximate surface area is 121 Å². The molecule has 0 amide bonds. The number of nitrogens with two attached hydrogens (primary N) is 1. The van der Waals surface area contributed by atoms with Crippen LogP contribution in [0.5, 0.6) is 5.88 Å². The average molecular weight is 286 g/mol. The van der Waals surface area contributed by atoms with Crippen molar-refractivity contribution in [1.82, 2.24) is 14.5 Å². The standard InChI is InChI=1S/C15H15FN4O/c1-9(17)15-19-12-5-3-10(16)7-13(12)20(15)11-4-6-14(21-2)18-8-11/h3-9H,17H2,1-2H3/t9-/m0/s1. The zero-order valence-electron chi connectivity index (χ0n) is 11.7. The van der Waals surface area contributed by atoms with Crippen LogP contribution in [0, 0.1) is 5.82 Å². The monoisotopic (exact) mass is 286 g/mol. The van der Waals surface area contributed by atoms with Gasteiger partial charge in [0.1, 0.15) is 11.6 Å². The fourth-order valence-electron chi connectivity index (χ4n) is 2.27. The number of ether oxygens (including phenoxy) is 1. The van der Waals surface area contributed by atoms with Gasteiger partial charge in [-0.15, -0.1) is 0 Å². The molecule has 6 heteroatoms. The Morgan fingerprint density at radius 1 is 1.29 bits per heavy atom. The van der Waals surface area contributed by atoms with Gasteiger partial charge in [0.2, 0.25) is 5.88 Å². The first-order valence-corrected chi connectivity index (χ1v) is 6.54. The minimum absolute atomic E-state index is 0.289. The summed E-state index contributed by atoms with van der Waals surface area (Å²) in [6.45, 7) is 1.84. The summed E-state index contributed by atoms with van der Waals surface area (Å²) >= 11 is 0. The maximum atomic E-state index is 13.6. The van der Waals surface area contributed by atoms with Crippen LogP contribution in [0.25, 0.3) is 16.7 Å². The molecule has 0 bridgehead atoms. The summed E-state index contributed by atoms with van der Waals surface area (Å²) < 4.78 is 20.4. The lowest BCUT2D eigenvalue weighted by atomic mass is 10.3. The van der Waals surface area contributed by atoms with E-state index in [1.807, 2.05) is 17.6 Å². The lowest BCUT2D eigenvalue weighted by Gasteiger charge is -2.11. The van der Waals surface area contributed by atoms with E-state index in [1.165, 1.54) is 12.1 Å². The van der Waals surface area contributed by atoms with Crippen LogP contribution >= 0.6 is 0 Å². The number of nitrogens with zero attached hydrogens (tertiary/aromatic N) is 3. The fraction of sp³-hybridized carbons (Fsp3) is 0.200. The van der Waals surface area contributed by atoms with Gasteiger partial charge in [0.15, 0.2) is 0 Å². The molecule has 2 N–H and O–H groups in total. The van der Waals surface area contributed by atoms with Crippen molar-refractivity contribution in [3.05, 3.63) is 48.2 Å². The molecule has 0 aliphatic heterocycles. The van der Waals surface area contributed by atoms with E-state index in [0.29, 0.717) is 22.7 Å². The van der Waals surface area contributed by atoms with Crippen molar-refractivity contribution in [3.8, 4) is 11.6 Å². The van der Waals surface area contributed by atoms with E-state index < -0.39 is 0 Å². The van der Waals surface area contributed by atoms with Gasteiger partial charge in [-0.3, -0.25) is 4.57 Å². The highest BCUT2D eigenvalue weighted by Crippen LogP contribution is 2.25. The number of pyridine rings is 1. The van der Waals surface area contributed by atoms with Crippen LogP contribution in [-0.2, 0) is 0 Å². The fourth-order valence-corrected chi connectivity index (χ4v) is 2.27. The molecule has 0 fully saturated rings. The summed E-state index contributed by atoms with van der Waals surface area (Å²) in [5.41, 5.74) is 8.10. The third kappa shape index (κ3) is 2.34. The highest BCUT2D eigenvalue weighted by Gasteiger charge is 2.16. The summed E-state index contributed by atoms with van der Waals surface area (Å²) in [5, 5.41) is 0. The van der Waals surface area contributed by atoms with E-state index in [-0.39, 0.29) is 11.9 Å². The number of hydrogen-bond acceptors (Lipinski definition) is 4. The Hall–Kier alpha value is -2.47. The van der Waals surface area contributed by atoms with Crippen molar-refractivity contribution < 1.29 is 9.13 Å². The predicted molar refractivity (Wildman–Crippen MR) is 78.0 cm³/mol. The third-order valence-electron chi connectivity index (χ3n) is 3.24. The number of imidazole rings is 1. The Morgan fingerprint density at radius 3 is 2.71 bits per heavy atom.